The maximum absolute atomic E-state index is 13.9. The van der Waals surface area contributed by atoms with E-state index >= 15 is 0 Å². The van der Waals surface area contributed by atoms with Crippen LogP contribution in [0.2, 0.25) is 16.9 Å². The first-order valence-corrected chi connectivity index (χ1v) is 42.9. The van der Waals surface area contributed by atoms with E-state index in [2.05, 4.69) is 98.6 Å². The summed E-state index contributed by atoms with van der Waals surface area (Å²) in [7, 11) is 1.81. The predicted molar refractivity (Wildman–Crippen MR) is 487 cm³/mol. The third kappa shape index (κ3) is 32.9. The van der Waals surface area contributed by atoms with Crippen LogP contribution in [0.25, 0.3) is 61.8 Å². The number of benzene rings is 6. The number of rotatable bonds is 7. The summed E-state index contributed by atoms with van der Waals surface area (Å²) >= 11 is 186. The van der Waals surface area contributed by atoms with Crippen molar-refractivity contribution in [1.29, 1.82) is 0 Å². The van der Waals surface area contributed by atoms with Gasteiger partial charge in [0, 0.05) is 16.7 Å². The first kappa shape index (κ1) is 105. The summed E-state index contributed by atoms with van der Waals surface area (Å²) in [6.45, 7) is 11.2. The molecule has 0 radical (unpaired) electrons. The van der Waals surface area contributed by atoms with Gasteiger partial charge in [-0.2, -0.15) is 6.82 Å². The van der Waals surface area contributed by atoms with Crippen LogP contribution < -0.4 is 10.2 Å². The van der Waals surface area contributed by atoms with Crippen LogP contribution >= 0.6 is 371 Å². The molecule has 0 unspecified atom stereocenters. The second-order valence-electron chi connectivity index (χ2n) is 22.1. The summed E-state index contributed by atoms with van der Waals surface area (Å²) in [6.07, 6.45) is 0. The van der Waals surface area contributed by atoms with Crippen LogP contribution in [0.15, 0.2) is 140 Å². The van der Waals surface area contributed by atoms with Crippen molar-refractivity contribution < 1.29 is 13.5 Å². The summed E-state index contributed by atoms with van der Waals surface area (Å²) in [6, 6.07) is 39.2. The normalized spacial score (nSPS) is 12.2. The minimum Gasteiger partial charge on any atom is -0.497 e. The molecule has 17 nitrogen and oxygen atoms in total. The van der Waals surface area contributed by atoms with Gasteiger partial charge in [0.1, 0.15) is 17.4 Å². The van der Waals surface area contributed by atoms with Crippen LogP contribution in [0.3, 0.4) is 0 Å². The third-order valence-electron chi connectivity index (χ3n) is 13.5. The third-order valence-corrected chi connectivity index (χ3v) is 19.2. The minimum absolute atomic E-state index is 0.0215. The second-order valence-corrected chi connectivity index (χ2v) is 45.7. The number of hydrogen-bond donors (Lipinski definition) is 0. The number of halogens is 34. The molecular formula is C65H34BCl32F2N16O-. The van der Waals surface area contributed by atoms with E-state index in [-0.39, 0.29) is 87.2 Å². The molecule has 0 aliphatic rings. The van der Waals surface area contributed by atoms with Crippen molar-refractivity contribution >= 4 is 390 Å². The molecule has 0 bridgehead atoms. The van der Waals surface area contributed by atoms with Crippen LogP contribution in [0.1, 0.15) is 63.8 Å². The summed E-state index contributed by atoms with van der Waals surface area (Å²) in [4.78, 5) is 62.7. The number of aromatic nitrogens is 15. The standard InChI is InChI=1S/C12H4Cl6N4.C12H7Cl6N3.C11H3Cl8N3.C11H3Cl6F2N3.C11H5Cl6N3.C8H12BO/c1-19-7-4-2-6(3-5-7)8-20-9(11(13,14)15)22-10(21-8)12(16,17)18;1-6-2-4-7(5-3-6)8-19-9(11(13,14)15)21-10(20-8)12(16,17)18;12-4-2-1-3-5(13)6(4)7-20-8(10(14,15)16)22-9(21-7)11(17,18)19;12-10(13,14)8-20-7(21-9(22-8)11(15,16)17)6-4(18)2-1-3-5(6)19;12-10(13,14)8-18-7(6-4-2-1-3-5-6)19-9(20-8)11(15,16)17;1-9-7-3-5-8(10-2)6-4-7/h2-5H;2-5H,1H3;2*1-3H;1-5H;3-6H,9H2,1-2H3/q;;;;;-1. The monoisotopic (exact) mass is 2220 g/mol. The summed E-state index contributed by atoms with van der Waals surface area (Å²) in [5.41, 5.74) is 4.68. The SMILES string of the molecule is C[BH2-]c1ccc(OC)cc1.Cc1ccc(-c2nc(C(Cl)(Cl)Cl)nc(C(Cl)(Cl)Cl)n2)cc1.ClC(Cl)(Cl)c1nc(-c2ccccc2)nc(C(Cl)(Cl)Cl)n1.Clc1cccc(Cl)c1-c1nc(C(Cl)(Cl)Cl)nc(C(Cl)(Cl)Cl)n1.Fc1cccc(F)c1-c1nc(C(Cl)(Cl)Cl)nc(C(Cl)(Cl)Cl)n1.[C-]#[N+]c1ccc(-c2nc(C(Cl)(Cl)Cl)nc(C(Cl)(Cl)Cl)n2)cc1. The van der Waals surface area contributed by atoms with Crippen molar-refractivity contribution in [3.05, 3.63) is 236 Å². The first-order valence-electron chi connectivity index (χ1n) is 30.8. The molecule has 5 heterocycles. The fourth-order valence-electron chi connectivity index (χ4n) is 8.16. The Morgan fingerprint density at radius 2 is 0.547 bits per heavy atom. The number of nitrogens with zero attached hydrogens (tertiary/aromatic N) is 16. The van der Waals surface area contributed by atoms with E-state index in [0.29, 0.717) is 27.9 Å². The zero-order valence-corrected chi connectivity index (χ0v) is 81.4. The lowest BCUT2D eigenvalue weighted by Gasteiger charge is -2.16. The fourth-order valence-corrected chi connectivity index (χ4v) is 11.3. The molecule has 0 N–H and O–H groups in total. The van der Waals surface area contributed by atoms with E-state index in [1.165, 1.54) is 11.5 Å². The van der Waals surface area contributed by atoms with Gasteiger partial charge in [-0.3, -0.25) is 0 Å². The average Bonchev–Trinajstić information content (AvgIpc) is 0.737. The van der Waals surface area contributed by atoms with Crippen molar-refractivity contribution in [2.75, 3.05) is 7.11 Å². The highest BCUT2D eigenvalue weighted by atomic mass is 35.6. The predicted octanol–water partition coefficient (Wildman–Crippen LogP) is 28.9. The lowest BCUT2D eigenvalue weighted by molar-refractivity contribution is 0.415. The van der Waals surface area contributed by atoms with Gasteiger partial charge in [0.25, 0.3) is 0 Å². The van der Waals surface area contributed by atoms with Gasteiger partial charge in [-0.05, 0) is 50.6 Å². The molecule has 11 rings (SSSR count). The molecule has 0 saturated carbocycles. The van der Waals surface area contributed by atoms with Gasteiger partial charge >= 0.3 is 0 Å². The van der Waals surface area contributed by atoms with E-state index in [0.717, 1.165) is 23.4 Å². The van der Waals surface area contributed by atoms with Crippen molar-refractivity contribution in [2.24, 2.45) is 0 Å². The smallest absolute Gasteiger partial charge is 0.250 e. The molecule has 11 aromatic rings. The van der Waals surface area contributed by atoms with Gasteiger partial charge in [0.05, 0.1) is 34.9 Å². The second kappa shape index (κ2) is 44.1. The highest BCUT2D eigenvalue weighted by Gasteiger charge is 2.40. The van der Waals surface area contributed by atoms with Crippen molar-refractivity contribution in [1.82, 2.24) is 74.8 Å². The van der Waals surface area contributed by atoms with Gasteiger partial charge in [0.15, 0.2) is 93.1 Å². The summed E-state index contributed by atoms with van der Waals surface area (Å²) in [5.74, 6) is -2.80. The number of aryl methyl sites for hydroxylation is 1. The molecule has 0 fully saturated rings. The Bertz CT molecular complexity index is 4910. The Morgan fingerprint density at radius 1 is 0.299 bits per heavy atom. The van der Waals surface area contributed by atoms with Gasteiger partial charge in [-0.1, -0.05) is 480 Å². The van der Waals surface area contributed by atoms with Crippen LogP contribution in [-0.4, -0.2) is 89.1 Å². The molecular weight excluding hydrogens is 2200 g/mol. The topological polar surface area (TPSA) is 207 Å². The molecule has 0 saturated heterocycles. The largest absolute Gasteiger partial charge is 0.497 e. The van der Waals surface area contributed by atoms with Gasteiger partial charge in [0.2, 0.25) is 37.9 Å². The Hall–Kier alpha value is -1.14. The zero-order valence-electron chi connectivity index (χ0n) is 57.2. The Labute approximate surface area is 825 Å². The number of alkyl halides is 30. The van der Waals surface area contributed by atoms with Crippen LogP contribution in [0.5, 0.6) is 5.75 Å². The molecule has 0 aliphatic carbocycles. The molecule has 622 valence electrons. The van der Waals surface area contributed by atoms with Crippen molar-refractivity contribution in [3.8, 4) is 62.7 Å². The van der Waals surface area contributed by atoms with Crippen molar-refractivity contribution in [2.45, 2.75) is 51.7 Å². The van der Waals surface area contributed by atoms with E-state index in [1.54, 1.807) is 61.7 Å². The van der Waals surface area contributed by atoms with Crippen molar-refractivity contribution in [3.63, 3.8) is 0 Å². The average molecular weight is 2240 g/mol. The molecule has 0 spiro atoms. The molecule has 52 heteroatoms. The quantitative estimate of drug-likeness (QED) is 0.0826. The van der Waals surface area contributed by atoms with Gasteiger partial charge in [-0.25, -0.2) is 93.8 Å². The number of hydrogen-bond acceptors (Lipinski definition) is 16. The highest BCUT2D eigenvalue weighted by Crippen LogP contribution is 2.48. The minimum atomic E-state index is -2.11. The van der Waals surface area contributed by atoms with Crippen LogP contribution in [0, 0.1) is 25.1 Å². The maximum Gasteiger partial charge on any atom is 0.250 e. The Kier molecular flexibility index (Phi) is 39.4. The lowest BCUT2D eigenvalue weighted by atomic mass is 9.73. The molecule has 0 amide bonds. The molecule has 117 heavy (non-hydrogen) atoms. The van der Waals surface area contributed by atoms with Crippen LogP contribution in [-0.2, 0) is 37.9 Å². The summed E-state index contributed by atoms with van der Waals surface area (Å²) in [5, 5.41) is 0.563. The lowest BCUT2D eigenvalue weighted by Crippen LogP contribution is -2.17. The van der Waals surface area contributed by atoms with Crippen LogP contribution in [0.4, 0.5) is 14.5 Å². The van der Waals surface area contributed by atoms with E-state index in [9.17, 15) is 8.78 Å². The van der Waals surface area contributed by atoms with Gasteiger partial charge < -0.3 is 4.74 Å². The highest BCUT2D eigenvalue weighted by molar-refractivity contribution is 6.71. The van der Waals surface area contributed by atoms with Gasteiger partial charge in [-0.15, -0.1) is 0 Å². The number of ether oxygens (including phenoxy) is 1. The fraction of sp³-hybridized carbons (Fsp3) is 0.200. The Balaban J connectivity index is 0.000000221. The molecule has 5 aromatic heterocycles. The van der Waals surface area contributed by atoms with E-state index < -0.39 is 72.6 Å². The Morgan fingerprint density at radius 3 is 0.803 bits per heavy atom. The zero-order chi connectivity index (χ0) is 88.2. The van der Waals surface area contributed by atoms with E-state index in [1.807, 2.05) is 61.5 Å². The number of methoxy groups -OCH3 is 1. The molecule has 6 aromatic carbocycles. The summed E-state index contributed by atoms with van der Waals surface area (Å²) < 4.78 is 13.4. The first-order chi connectivity index (χ1) is 53.7. The van der Waals surface area contributed by atoms with E-state index in [4.69, 9.17) is 383 Å². The molecule has 0 atom stereocenters. The molecule has 0 aliphatic heterocycles. The maximum atomic E-state index is 13.9.